The Hall–Kier alpha value is -2.67. The predicted molar refractivity (Wildman–Crippen MR) is 140 cm³/mol. The topological polar surface area (TPSA) is 86.2 Å². The molecule has 1 atom stereocenters. The van der Waals surface area contributed by atoms with Crippen molar-refractivity contribution < 1.29 is 27.8 Å². The number of anilines is 2. The van der Waals surface area contributed by atoms with E-state index in [9.17, 15) is 18.3 Å². The molecule has 0 bridgehead atoms. The Morgan fingerprint density at radius 3 is 2.58 bits per heavy atom. The molecule has 4 rings (SSSR count). The number of aliphatic hydroxyl groups excluding tert-OH is 1. The largest absolute Gasteiger partial charge is 0.491 e. The van der Waals surface area contributed by atoms with Crippen molar-refractivity contribution in [3.05, 3.63) is 30.3 Å². The Bertz CT molecular complexity index is 1030. The van der Waals surface area contributed by atoms with E-state index in [0.717, 1.165) is 24.2 Å². The van der Waals surface area contributed by atoms with E-state index in [-0.39, 0.29) is 12.6 Å². The van der Waals surface area contributed by atoms with Crippen LogP contribution in [0.5, 0.6) is 5.75 Å². The first-order chi connectivity index (χ1) is 18.2. The van der Waals surface area contributed by atoms with Crippen LogP contribution in [0.1, 0.15) is 12.8 Å². The summed E-state index contributed by atoms with van der Waals surface area (Å²) in [4.78, 5) is 15.3. The molecule has 2 fully saturated rings. The molecule has 3 heterocycles. The third-order valence-electron chi connectivity index (χ3n) is 6.87. The van der Waals surface area contributed by atoms with Gasteiger partial charge in [-0.25, -0.2) is 9.97 Å². The lowest BCUT2D eigenvalue weighted by Crippen LogP contribution is -2.49. The number of aliphatic hydroxyl groups is 1. The van der Waals surface area contributed by atoms with Crippen molar-refractivity contribution in [3.8, 4) is 17.1 Å². The van der Waals surface area contributed by atoms with Gasteiger partial charge in [0.25, 0.3) is 0 Å². The van der Waals surface area contributed by atoms with Crippen molar-refractivity contribution in [2.45, 2.75) is 31.2 Å². The van der Waals surface area contributed by atoms with E-state index in [2.05, 4.69) is 10.2 Å². The van der Waals surface area contributed by atoms with Gasteiger partial charge in [0, 0.05) is 70.7 Å². The van der Waals surface area contributed by atoms with Crippen molar-refractivity contribution >= 4 is 11.6 Å². The van der Waals surface area contributed by atoms with Gasteiger partial charge < -0.3 is 29.7 Å². The second kappa shape index (κ2) is 12.9. The van der Waals surface area contributed by atoms with E-state index in [1.165, 1.54) is 4.90 Å². The number of nitrogens with zero attached hydrogens (tertiary/aromatic N) is 5. The Morgan fingerprint density at radius 1 is 1.16 bits per heavy atom. The Morgan fingerprint density at radius 2 is 1.89 bits per heavy atom. The molecule has 0 amide bonds. The SMILES string of the molecule is CNCC(O)COc1cccc(-c2nc(N3CCN(CC(F)(F)F)CC3)cc(N(C)C3CCOCC3)n2)c1. The van der Waals surface area contributed by atoms with Crippen LogP contribution < -0.4 is 19.9 Å². The maximum Gasteiger partial charge on any atom is 0.401 e. The van der Waals surface area contributed by atoms with Crippen LogP contribution in [0.4, 0.5) is 24.8 Å². The quantitative estimate of drug-likeness (QED) is 0.474. The highest BCUT2D eigenvalue weighted by atomic mass is 19.4. The summed E-state index contributed by atoms with van der Waals surface area (Å²) in [5.41, 5.74) is 0.754. The molecular formula is C26H37F3N6O3. The van der Waals surface area contributed by atoms with Crippen LogP contribution in [0.3, 0.4) is 0 Å². The van der Waals surface area contributed by atoms with Gasteiger partial charge in [-0.15, -0.1) is 0 Å². The number of ether oxygens (including phenoxy) is 2. The highest BCUT2D eigenvalue weighted by molar-refractivity contribution is 5.64. The zero-order valence-electron chi connectivity index (χ0n) is 22.0. The molecule has 0 aliphatic carbocycles. The normalized spacial score (nSPS) is 18.4. The first-order valence-corrected chi connectivity index (χ1v) is 13.0. The molecule has 2 N–H and O–H groups in total. The van der Waals surface area contributed by atoms with Crippen LogP contribution in [0.15, 0.2) is 30.3 Å². The highest BCUT2D eigenvalue weighted by Crippen LogP contribution is 2.29. The van der Waals surface area contributed by atoms with Crippen LogP contribution in [-0.4, -0.2) is 111 Å². The Labute approximate surface area is 221 Å². The molecule has 2 aliphatic heterocycles. The first-order valence-electron chi connectivity index (χ1n) is 13.0. The molecule has 38 heavy (non-hydrogen) atoms. The van der Waals surface area contributed by atoms with Crippen molar-refractivity contribution in [1.29, 1.82) is 0 Å². The first kappa shape index (κ1) is 28.3. The number of nitrogens with one attached hydrogen (secondary N) is 1. The van der Waals surface area contributed by atoms with Gasteiger partial charge in [-0.1, -0.05) is 12.1 Å². The standard InChI is InChI=1S/C26H37F3N6O3/c1-30-16-21(36)17-38-22-5-3-4-19(14-22)25-31-23(33(2)20-6-12-37-13-7-20)15-24(32-25)35-10-8-34(9-11-35)18-26(27,28)29/h3-5,14-15,20-21,30,36H,6-13,16-18H2,1-2H3. The van der Waals surface area contributed by atoms with Gasteiger partial charge in [0.05, 0.1) is 6.54 Å². The number of aromatic nitrogens is 2. The van der Waals surface area contributed by atoms with Gasteiger partial charge in [0.2, 0.25) is 0 Å². The average molecular weight is 539 g/mol. The van der Waals surface area contributed by atoms with Gasteiger partial charge in [-0.05, 0) is 32.0 Å². The van der Waals surface area contributed by atoms with E-state index >= 15 is 0 Å². The third-order valence-corrected chi connectivity index (χ3v) is 6.87. The number of alkyl halides is 3. The van der Waals surface area contributed by atoms with E-state index in [4.69, 9.17) is 19.4 Å². The van der Waals surface area contributed by atoms with E-state index in [0.29, 0.717) is 63.3 Å². The summed E-state index contributed by atoms with van der Waals surface area (Å²) in [6, 6.07) is 9.59. The minimum absolute atomic E-state index is 0.144. The van der Waals surface area contributed by atoms with E-state index < -0.39 is 18.8 Å². The monoisotopic (exact) mass is 538 g/mol. The van der Waals surface area contributed by atoms with E-state index in [1.807, 2.05) is 42.3 Å². The average Bonchev–Trinajstić information content (AvgIpc) is 2.91. The summed E-state index contributed by atoms with van der Waals surface area (Å²) in [5, 5.41) is 12.9. The molecule has 210 valence electrons. The number of hydrogen-bond donors (Lipinski definition) is 2. The van der Waals surface area contributed by atoms with Crippen LogP contribution in [0.25, 0.3) is 11.4 Å². The summed E-state index contributed by atoms with van der Waals surface area (Å²) >= 11 is 0. The van der Waals surface area contributed by atoms with Gasteiger partial charge in [-0.3, -0.25) is 4.90 Å². The minimum atomic E-state index is -4.21. The number of likely N-dealkylation sites (N-methyl/N-ethyl adjacent to an activating group) is 1. The maximum atomic E-state index is 12.9. The number of rotatable bonds is 10. The Kier molecular flexibility index (Phi) is 9.64. The van der Waals surface area contributed by atoms with Crippen LogP contribution >= 0.6 is 0 Å². The summed E-state index contributed by atoms with van der Waals surface area (Å²) in [6.07, 6.45) is -3.07. The zero-order chi connectivity index (χ0) is 27.1. The van der Waals surface area contributed by atoms with Gasteiger partial charge in [0.1, 0.15) is 30.1 Å². The second-order valence-electron chi connectivity index (χ2n) is 9.79. The molecule has 0 saturated carbocycles. The lowest BCUT2D eigenvalue weighted by Gasteiger charge is -2.36. The molecule has 2 saturated heterocycles. The molecule has 0 radical (unpaired) electrons. The second-order valence-corrected chi connectivity index (χ2v) is 9.79. The number of hydrogen-bond acceptors (Lipinski definition) is 9. The van der Waals surface area contributed by atoms with Gasteiger partial charge >= 0.3 is 6.18 Å². The zero-order valence-corrected chi connectivity index (χ0v) is 22.0. The number of benzene rings is 1. The number of halogens is 3. The molecule has 2 aromatic rings. The summed E-state index contributed by atoms with van der Waals surface area (Å²) in [7, 11) is 3.77. The molecule has 1 aromatic carbocycles. The van der Waals surface area contributed by atoms with Gasteiger partial charge in [-0.2, -0.15) is 13.2 Å². The van der Waals surface area contributed by atoms with Crippen molar-refractivity contribution in [2.24, 2.45) is 0 Å². The molecular weight excluding hydrogens is 501 g/mol. The molecule has 1 aromatic heterocycles. The van der Waals surface area contributed by atoms with Crippen molar-refractivity contribution in [3.63, 3.8) is 0 Å². The smallest absolute Gasteiger partial charge is 0.401 e. The van der Waals surface area contributed by atoms with Crippen LogP contribution in [0.2, 0.25) is 0 Å². The van der Waals surface area contributed by atoms with Crippen LogP contribution in [0, 0.1) is 0 Å². The summed E-state index contributed by atoms with van der Waals surface area (Å²) in [6.45, 7) is 2.56. The third kappa shape index (κ3) is 7.92. The molecule has 2 aliphatic rings. The number of piperazine rings is 1. The predicted octanol–water partition coefficient (Wildman–Crippen LogP) is 2.40. The van der Waals surface area contributed by atoms with E-state index in [1.54, 1.807) is 7.05 Å². The fraction of sp³-hybridized carbons (Fsp3) is 0.615. The molecule has 9 nitrogen and oxygen atoms in total. The lowest BCUT2D eigenvalue weighted by atomic mass is 10.1. The van der Waals surface area contributed by atoms with Crippen molar-refractivity contribution in [2.75, 3.05) is 83.0 Å². The molecule has 1 unspecified atom stereocenters. The fourth-order valence-electron chi connectivity index (χ4n) is 4.75. The van der Waals surface area contributed by atoms with Crippen LogP contribution in [-0.2, 0) is 4.74 Å². The fourth-order valence-corrected chi connectivity index (χ4v) is 4.75. The summed E-state index contributed by atoms with van der Waals surface area (Å²) in [5.74, 6) is 2.54. The van der Waals surface area contributed by atoms with Crippen molar-refractivity contribution in [1.82, 2.24) is 20.2 Å². The highest BCUT2D eigenvalue weighted by Gasteiger charge is 2.32. The maximum absolute atomic E-state index is 12.9. The minimum Gasteiger partial charge on any atom is -0.491 e. The molecule has 0 spiro atoms. The molecule has 12 heteroatoms. The lowest BCUT2D eigenvalue weighted by molar-refractivity contribution is -0.146. The van der Waals surface area contributed by atoms with Gasteiger partial charge in [0.15, 0.2) is 5.82 Å². The Balaban J connectivity index is 1.58. The summed E-state index contributed by atoms with van der Waals surface area (Å²) < 4.78 is 49.9.